The molecule has 0 aromatic rings. The minimum atomic E-state index is 0.903. The Morgan fingerprint density at radius 2 is 2.08 bits per heavy atom. The van der Waals surface area contributed by atoms with Gasteiger partial charge in [0.1, 0.15) is 0 Å². The van der Waals surface area contributed by atoms with E-state index in [1.165, 1.54) is 0 Å². The molecule has 0 aromatic carbocycles. The van der Waals surface area contributed by atoms with E-state index in [4.69, 9.17) is 12.2 Å². The van der Waals surface area contributed by atoms with Crippen LogP contribution in [0.2, 0.25) is 0 Å². The molecule has 0 aromatic heterocycles. The Morgan fingerprint density at radius 3 is 2.54 bits per heavy atom. The lowest BCUT2D eigenvalue weighted by Gasteiger charge is -2.00. The molecule has 0 aliphatic carbocycles. The van der Waals surface area contributed by atoms with Gasteiger partial charge in [-0.25, -0.2) is 0 Å². The van der Waals surface area contributed by atoms with Crippen molar-refractivity contribution in [2.75, 3.05) is 5.75 Å². The van der Waals surface area contributed by atoms with Gasteiger partial charge in [0.25, 0.3) is 0 Å². The highest BCUT2D eigenvalue weighted by molar-refractivity contribution is 8.23. The van der Waals surface area contributed by atoms with Crippen LogP contribution in [0.4, 0.5) is 0 Å². The van der Waals surface area contributed by atoms with Gasteiger partial charge in [0.15, 0.2) is 0 Å². The van der Waals surface area contributed by atoms with Crippen LogP contribution in [0.3, 0.4) is 0 Å². The number of hydrogen-bond acceptors (Lipinski definition) is 2. The number of allylic oxidation sites excluding steroid dienone is 5. The molecule has 0 bridgehead atoms. The lowest BCUT2D eigenvalue weighted by molar-refractivity contribution is 1.54. The standard InChI is InChI=1S/C11H14S2/c1-4-7-9-10(8-5-2)11(12)13-6-3/h4-5,7-9H,1-2,6H2,3H3/b9-7-,10-8+. The zero-order valence-electron chi connectivity index (χ0n) is 7.82. The highest BCUT2D eigenvalue weighted by Crippen LogP contribution is 2.14. The first-order valence-corrected chi connectivity index (χ1v) is 5.44. The zero-order valence-corrected chi connectivity index (χ0v) is 9.46. The molecule has 0 atom stereocenters. The number of thioether (sulfide) groups is 1. The second kappa shape index (κ2) is 8.02. The van der Waals surface area contributed by atoms with Gasteiger partial charge in [0.05, 0.1) is 4.20 Å². The van der Waals surface area contributed by atoms with Gasteiger partial charge >= 0.3 is 0 Å². The van der Waals surface area contributed by atoms with Gasteiger partial charge in [-0.2, -0.15) is 0 Å². The third-order valence-electron chi connectivity index (χ3n) is 1.22. The Bertz CT molecular complexity index is 247. The average molecular weight is 210 g/mol. The quantitative estimate of drug-likeness (QED) is 0.383. The molecule has 0 radical (unpaired) electrons. The summed E-state index contributed by atoms with van der Waals surface area (Å²) >= 11 is 6.87. The summed E-state index contributed by atoms with van der Waals surface area (Å²) in [6.45, 7) is 9.34. The van der Waals surface area contributed by atoms with E-state index in [1.54, 1.807) is 23.9 Å². The van der Waals surface area contributed by atoms with E-state index in [2.05, 4.69) is 20.1 Å². The molecule has 0 spiro atoms. The van der Waals surface area contributed by atoms with E-state index in [0.717, 1.165) is 15.5 Å². The summed E-state index contributed by atoms with van der Waals surface area (Å²) in [4.78, 5) is 0. The second-order valence-electron chi connectivity index (χ2n) is 2.17. The normalized spacial score (nSPS) is 11.6. The minimum absolute atomic E-state index is 0.903. The summed E-state index contributed by atoms with van der Waals surface area (Å²) < 4.78 is 0.903. The van der Waals surface area contributed by atoms with Crippen molar-refractivity contribution in [2.24, 2.45) is 0 Å². The highest BCUT2D eigenvalue weighted by Gasteiger charge is 1.98. The van der Waals surface area contributed by atoms with Crippen molar-refractivity contribution in [3.8, 4) is 0 Å². The molecule has 0 amide bonds. The fraction of sp³-hybridized carbons (Fsp3) is 0.182. The molecule has 0 aliphatic rings. The Morgan fingerprint density at radius 1 is 1.38 bits per heavy atom. The van der Waals surface area contributed by atoms with Crippen LogP contribution in [-0.4, -0.2) is 9.95 Å². The summed E-state index contributed by atoms with van der Waals surface area (Å²) in [6, 6.07) is 0. The molecule has 0 saturated heterocycles. The van der Waals surface area contributed by atoms with Gasteiger partial charge in [-0.1, -0.05) is 62.7 Å². The summed E-state index contributed by atoms with van der Waals surface area (Å²) in [6.07, 6.45) is 9.20. The van der Waals surface area contributed by atoms with Gasteiger partial charge in [-0.15, -0.1) is 11.8 Å². The predicted octanol–water partition coefficient (Wildman–Crippen LogP) is 3.92. The fourth-order valence-electron chi connectivity index (χ4n) is 0.705. The van der Waals surface area contributed by atoms with Crippen LogP contribution in [0.5, 0.6) is 0 Å². The summed E-state index contributed by atoms with van der Waals surface area (Å²) in [7, 11) is 0. The molecule has 0 unspecified atom stereocenters. The number of hydrogen-bond donors (Lipinski definition) is 0. The van der Waals surface area contributed by atoms with Crippen LogP contribution in [0.1, 0.15) is 6.92 Å². The largest absolute Gasteiger partial charge is 0.114 e. The maximum Gasteiger partial charge on any atom is 0.0778 e. The van der Waals surface area contributed by atoms with Crippen LogP contribution in [0, 0.1) is 0 Å². The predicted molar refractivity (Wildman–Crippen MR) is 68.3 cm³/mol. The number of rotatable bonds is 5. The Hall–Kier alpha value is -0.600. The average Bonchev–Trinajstić information content (AvgIpc) is 2.12. The SMILES string of the molecule is C=C/C=C\C(=C/C=C)C(=S)SCC. The van der Waals surface area contributed by atoms with E-state index >= 15 is 0 Å². The lowest BCUT2D eigenvalue weighted by Crippen LogP contribution is -1.91. The van der Waals surface area contributed by atoms with Crippen LogP contribution >= 0.6 is 24.0 Å². The smallest absolute Gasteiger partial charge is 0.0778 e. The van der Waals surface area contributed by atoms with Crippen molar-refractivity contribution in [1.82, 2.24) is 0 Å². The van der Waals surface area contributed by atoms with Crippen molar-refractivity contribution in [1.29, 1.82) is 0 Å². The van der Waals surface area contributed by atoms with Gasteiger partial charge < -0.3 is 0 Å². The molecule has 0 nitrogen and oxygen atoms in total. The molecule has 70 valence electrons. The van der Waals surface area contributed by atoms with Gasteiger partial charge in [0, 0.05) is 0 Å². The van der Waals surface area contributed by atoms with E-state index in [9.17, 15) is 0 Å². The zero-order chi connectivity index (χ0) is 10.1. The van der Waals surface area contributed by atoms with Crippen molar-refractivity contribution >= 4 is 28.2 Å². The maximum atomic E-state index is 5.21. The van der Waals surface area contributed by atoms with Crippen LogP contribution in [0.25, 0.3) is 0 Å². The van der Waals surface area contributed by atoms with Gasteiger partial charge in [-0.3, -0.25) is 0 Å². The first kappa shape index (κ1) is 12.4. The first-order chi connectivity index (χ1) is 6.26. The Balaban J connectivity index is 4.50. The van der Waals surface area contributed by atoms with Crippen LogP contribution < -0.4 is 0 Å². The molecule has 0 heterocycles. The second-order valence-corrected chi connectivity index (χ2v) is 4.11. The topological polar surface area (TPSA) is 0 Å². The van der Waals surface area contributed by atoms with E-state index in [1.807, 2.05) is 18.2 Å². The van der Waals surface area contributed by atoms with E-state index in [-0.39, 0.29) is 0 Å². The molecule has 0 rings (SSSR count). The molecule has 0 saturated carbocycles. The maximum absolute atomic E-state index is 5.21. The monoisotopic (exact) mass is 210 g/mol. The Kier molecular flexibility index (Phi) is 7.65. The molecule has 2 heteroatoms. The molecular formula is C11H14S2. The van der Waals surface area contributed by atoms with Crippen molar-refractivity contribution in [3.05, 3.63) is 49.1 Å². The molecule has 0 fully saturated rings. The number of thiocarbonyl (C=S) groups is 1. The minimum Gasteiger partial charge on any atom is -0.114 e. The third-order valence-corrected chi connectivity index (χ3v) is 2.60. The summed E-state index contributed by atoms with van der Waals surface area (Å²) in [5.41, 5.74) is 1.02. The van der Waals surface area contributed by atoms with Gasteiger partial charge in [0.2, 0.25) is 0 Å². The van der Waals surface area contributed by atoms with E-state index in [0.29, 0.717) is 0 Å². The first-order valence-electron chi connectivity index (χ1n) is 4.05. The summed E-state index contributed by atoms with van der Waals surface area (Å²) in [5, 5.41) is 0. The molecule has 0 N–H and O–H groups in total. The Labute approximate surface area is 90.1 Å². The molecule has 13 heavy (non-hydrogen) atoms. The molecular weight excluding hydrogens is 196 g/mol. The summed E-state index contributed by atoms with van der Waals surface area (Å²) in [5.74, 6) is 0.995. The van der Waals surface area contributed by atoms with Crippen molar-refractivity contribution in [2.45, 2.75) is 6.92 Å². The van der Waals surface area contributed by atoms with Crippen LogP contribution in [0.15, 0.2) is 49.1 Å². The van der Waals surface area contributed by atoms with Crippen molar-refractivity contribution in [3.63, 3.8) is 0 Å². The molecule has 0 aliphatic heterocycles. The highest BCUT2D eigenvalue weighted by atomic mass is 32.2. The van der Waals surface area contributed by atoms with E-state index < -0.39 is 0 Å². The third kappa shape index (κ3) is 5.61. The van der Waals surface area contributed by atoms with Crippen LogP contribution in [-0.2, 0) is 0 Å². The fourth-order valence-corrected chi connectivity index (χ4v) is 1.76. The van der Waals surface area contributed by atoms with Crippen molar-refractivity contribution < 1.29 is 0 Å². The van der Waals surface area contributed by atoms with Gasteiger partial charge in [-0.05, 0) is 11.3 Å². The lowest BCUT2D eigenvalue weighted by atomic mass is 10.2.